The van der Waals surface area contributed by atoms with Crippen molar-refractivity contribution in [2.24, 2.45) is 5.73 Å². The van der Waals surface area contributed by atoms with Gasteiger partial charge in [-0.15, -0.1) is 0 Å². The first-order valence-electron chi connectivity index (χ1n) is 4.90. The molecule has 0 aliphatic heterocycles. The molecule has 0 saturated heterocycles. The summed E-state index contributed by atoms with van der Waals surface area (Å²) in [5.74, 6) is 0.747. The van der Waals surface area contributed by atoms with E-state index in [0.29, 0.717) is 11.8 Å². The van der Waals surface area contributed by atoms with E-state index in [9.17, 15) is 0 Å². The van der Waals surface area contributed by atoms with E-state index in [2.05, 4.69) is 18.7 Å². The molecule has 0 fully saturated rings. The van der Waals surface area contributed by atoms with Crippen LogP contribution in [0, 0.1) is 0 Å². The van der Waals surface area contributed by atoms with E-state index in [1.54, 1.807) is 0 Å². The first kappa shape index (κ1) is 11.6. The Morgan fingerprint density at radius 3 is 2.50 bits per heavy atom. The van der Waals surface area contributed by atoms with Crippen molar-refractivity contribution in [1.29, 1.82) is 0 Å². The minimum absolute atomic E-state index is 0.401. The summed E-state index contributed by atoms with van der Waals surface area (Å²) in [5.41, 5.74) is 6.49. The molecule has 0 aliphatic carbocycles. The number of nitrogens with zero attached hydrogens (tertiary/aromatic N) is 1. The summed E-state index contributed by atoms with van der Waals surface area (Å²) in [6, 6.07) is 1.93. The Balaban J connectivity index is 2.69. The van der Waals surface area contributed by atoms with Crippen LogP contribution >= 0.6 is 11.6 Å². The van der Waals surface area contributed by atoms with Gasteiger partial charge >= 0.3 is 0 Å². The summed E-state index contributed by atoms with van der Waals surface area (Å²) in [6.45, 7) is 7.50. The molecular formula is C10H17ClN2O. The average Bonchev–Trinajstić information content (AvgIpc) is 2.56. The minimum atomic E-state index is 0.401. The maximum absolute atomic E-state index is 5.93. The quantitative estimate of drug-likeness (QED) is 0.821. The number of hydrogen-bond acceptors (Lipinski definition) is 3. The van der Waals surface area contributed by atoms with Gasteiger partial charge in [-0.1, -0.05) is 13.8 Å². The molecule has 2 N–H and O–H groups in total. The van der Waals surface area contributed by atoms with Crippen LogP contribution in [0.15, 0.2) is 10.5 Å². The number of rotatable bonds is 5. The van der Waals surface area contributed by atoms with E-state index in [-0.39, 0.29) is 0 Å². The first-order valence-corrected chi connectivity index (χ1v) is 5.28. The lowest BCUT2D eigenvalue weighted by atomic mass is 10.3. The second kappa shape index (κ2) is 5.39. The molecule has 0 saturated carbocycles. The molecule has 0 bridgehead atoms. The van der Waals surface area contributed by atoms with Gasteiger partial charge < -0.3 is 10.2 Å². The monoisotopic (exact) mass is 216 g/mol. The Labute approximate surface area is 89.8 Å². The average molecular weight is 217 g/mol. The molecule has 0 aromatic carbocycles. The molecule has 4 heteroatoms. The van der Waals surface area contributed by atoms with Gasteiger partial charge in [0.1, 0.15) is 5.76 Å². The predicted molar refractivity (Wildman–Crippen MR) is 58.2 cm³/mol. The highest BCUT2D eigenvalue weighted by atomic mass is 35.5. The molecule has 0 radical (unpaired) electrons. The van der Waals surface area contributed by atoms with E-state index in [1.165, 1.54) is 0 Å². The second-order valence-corrected chi connectivity index (χ2v) is 3.52. The van der Waals surface area contributed by atoms with Crippen LogP contribution in [0.25, 0.3) is 0 Å². The van der Waals surface area contributed by atoms with E-state index >= 15 is 0 Å². The molecule has 0 aliphatic rings. The zero-order valence-electron chi connectivity index (χ0n) is 8.72. The van der Waals surface area contributed by atoms with Gasteiger partial charge in [-0.3, -0.25) is 4.90 Å². The number of halogens is 1. The van der Waals surface area contributed by atoms with Crippen LogP contribution in [0.2, 0.25) is 5.22 Å². The summed E-state index contributed by atoms with van der Waals surface area (Å²) < 4.78 is 5.27. The van der Waals surface area contributed by atoms with Crippen molar-refractivity contribution in [3.8, 4) is 0 Å². The fourth-order valence-electron chi connectivity index (χ4n) is 1.36. The third-order valence-corrected chi connectivity index (χ3v) is 2.62. The highest BCUT2D eigenvalue weighted by molar-refractivity contribution is 6.29. The zero-order valence-corrected chi connectivity index (χ0v) is 9.47. The van der Waals surface area contributed by atoms with Gasteiger partial charge in [0, 0.05) is 12.1 Å². The fraction of sp³-hybridized carbons (Fsp3) is 0.600. The molecule has 0 amide bonds. The second-order valence-electron chi connectivity index (χ2n) is 3.18. The topological polar surface area (TPSA) is 42.4 Å². The van der Waals surface area contributed by atoms with Crippen molar-refractivity contribution in [3.05, 3.63) is 22.6 Å². The number of nitrogens with two attached hydrogens (primary N) is 1. The fourth-order valence-corrected chi connectivity index (χ4v) is 1.57. The third kappa shape index (κ3) is 2.74. The van der Waals surface area contributed by atoms with Gasteiger partial charge in [-0.05, 0) is 30.8 Å². The molecule has 1 aromatic heterocycles. The summed E-state index contributed by atoms with van der Waals surface area (Å²) in [4.78, 5) is 2.27. The van der Waals surface area contributed by atoms with Crippen molar-refractivity contribution in [3.63, 3.8) is 0 Å². The van der Waals surface area contributed by atoms with Gasteiger partial charge in [0.2, 0.25) is 0 Å². The lowest BCUT2D eigenvalue weighted by Crippen LogP contribution is -2.21. The van der Waals surface area contributed by atoms with Crippen LogP contribution in [0.5, 0.6) is 0 Å². The normalized spacial score (nSPS) is 11.2. The highest BCUT2D eigenvalue weighted by Gasteiger charge is 2.10. The molecule has 3 nitrogen and oxygen atoms in total. The molecular weight excluding hydrogens is 200 g/mol. The summed E-state index contributed by atoms with van der Waals surface area (Å²) >= 11 is 5.93. The SMILES string of the molecule is CCN(CC)Cc1cc(CN)oc1Cl. The van der Waals surface area contributed by atoms with Crippen molar-refractivity contribution in [2.45, 2.75) is 26.9 Å². The molecule has 1 rings (SSSR count). The largest absolute Gasteiger partial charge is 0.448 e. The Kier molecular flexibility index (Phi) is 4.45. The lowest BCUT2D eigenvalue weighted by molar-refractivity contribution is 0.295. The predicted octanol–water partition coefficient (Wildman–Crippen LogP) is 2.23. The molecule has 14 heavy (non-hydrogen) atoms. The summed E-state index contributed by atoms with van der Waals surface area (Å²) in [5, 5.41) is 0.470. The maximum atomic E-state index is 5.93. The van der Waals surface area contributed by atoms with Crippen molar-refractivity contribution in [1.82, 2.24) is 4.90 Å². The standard InChI is InChI=1S/C10H17ClN2O/c1-3-13(4-2)7-8-5-9(6-12)14-10(8)11/h5H,3-4,6-7,12H2,1-2H3. The zero-order chi connectivity index (χ0) is 10.6. The lowest BCUT2D eigenvalue weighted by Gasteiger charge is -2.16. The molecule has 1 heterocycles. The van der Waals surface area contributed by atoms with E-state index in [4.69, 9.17) is 21.8 Å². The van der Waals surface area contributed by atoms with Gasteiger partial charge in [0.25, 0.3) is 0 Å². The Hall–Kier alpha value is -0.510. The van der Waals surface area contributed by atoms with Gasteiger partial charge in [-0.25, -0.2) is 0 Å². The Morgan fingerprint density at radius 1 is 1.43 bits per heavy atom. The number of furan rings is 1. The molecule has 0 spiro atoms. The van der Waals surface area contributed by atoms with Gasteiger partial charge in [0.05, 0.1) is 6.54 Å². The van der Waals surface area contributed by atoms with Crippen molar-refractivity contribution >= 4 is 11.6 Å². The molecule has 80 valence electrons. The number of hydrogen-bond donors (Lipinski definition) is 1. The smallest absolute Gasteiger partial charge is 0.197 e. The van der Waals surface area contributed by atoms with E-state index in [0.717, 1.165) is 31.0 Å². The maximum Gasteiger partial charge on any atom is 0.197 e. The van der Waals surface area contributed by atoms with Crippen LogP contribution in [0.4, 0.5) is 0 Å². The summed E-state index contributed by atoms with van der Waals surface area (Å²) in [6.07, 6.45) is 0. The highest BCUT2D eigenvalue weighted by Crippen LogP contribution is 2.22. The molecule has 1 aromatic rings. The van der Waals surface area contributed by atoms with Gasteiger partial charge in [0.15, 0.2) is 5.22 Å². The first-order chi connectivity index (χ1) is 6.71. The van der Waals surface area contributed by atoms with Crippen molar-refractivity contribution in [2.75, 3.05) is 13.1 Å². The van der Waals surface area contributed by atoms with E-state index < -0.39 is 0 Å². The van der Waals surface area contributed by atoms with E-state index in [1.807, 2.05) is 6.07 Å². The van der Waals surface area contributed by atoms with Crippen LogP contribution in [-0.4, -0.2) is 18.0 Å². The Bertz CT molecular complexity index is 282. The van der Waals surface area contributed by atoms with Gasteiger partial charge in [-0.2, -0.15) is 0 Å². The molecule has 0 unspecified atom stereocenters. The van der Waals surface area contributed by atoms with Crippen LogP contribution in [0.1, 0.15) is 25.2 Å². The van der Waals surface area contributed by atoms with Crippen LogP contribution < -0.4 is 5.73 Å². The molecule has 0 atom stereocenters. The minimum Gasteiger partial charge on any atom is -0.448 e. The van der Waals surface area contributed by atoms with Crippen LogP contribution in [-0.2, 0) is 13.1 Å². The van der Waals surface area contributed by atoms with Crippen molar-refractivity contribution < 1.29 is 4.42 Å². The summed E-state index contributed by atoms with van der Waals surface area (Å²) in [7, 11) is 0. The van der Waals surface area contributed by atoms with Crippen LogP contribution in [0.3, 0.4) is 0 Å². The third-order valence-electron chi connectivity index (χ3n) is 2.30. The Morgan fingerprint density at radius 2 is 2.07 bits per heavy atom.